The molecule has 0 spiro atoms. The minimum Gasteiger partial charge on any atom is -0.348 e. The van der Waals surface area contributed by atoms with Crippen LogP contribution in [0, 0.1) is 6.92 Å². The van der Waals surface area contributed by atoms with Crippen molar-refractivity contribution >= 4 is 21.6 Å². The van der Waals surface area contributed by atoms with Gasteiger partial charge in [0.15, 0.2) is 0 Å². The number of carbonyl (C=O) groups excluding carboxylic acids is 1. The van der Waals surface area contributed by atoms with Crippen LogP contribution in [-0.4, -0.2) is 21.4 Å². The first kappa shape index (κ1) is 19.6. The first-order valence-electron chi connectivity index (χ1n) is 8.86. The van der Waals surface area contributed by atoms with Gasteiger partial charge in [0.2, 0.25) is 0 Å². The van der Waals surface area contributed by atoms with E-state index in [1.54, 1.807) is 48.5 Å². The Balaban J connectivity index is 1.70. The van der Waals surface area contributed by atoms with E-state index in [0.29, 0.717) is 17.8 Å². The van der Waals surface area contributed by atoms with Crippen molar-refractivity contribution in [1.82, 2.24) is 5.32 Å². The van der Waals surface area contributed by atoms with Crippen LogP contribution in [0.4, 0.5) is 5.69 Å². The Kier molecular flexibility index (Phi) is 5.80. The van der Waals surface area contributed by atoms with E-state index in [1.165, 1.54) is 11.4 Å². The van der Waals surface area contributed by atoms with Gasteiger partial charge in [0, 0.05) is 19.2 Å². The minimum atomic E-state index is -3.66. The van der Waals surface area contributed by atoms with Crippen molar-refractivity contribution in [3.05, 3.63) is 95.6 Å². The van der Waals surface area contributed by atoms with E-state index in [0.717, 1.165) is 11.1 Å². The van der Waals surface area contributed by atoms with Gasteiger partial charge in [-0.2, -0.15) is 0 Å². The zero-order valence-electron chi connectivity index (χ0n) is 15.8. The lowest BCUT2D eigenvalue weighted by Crippen LogP contribution is -2.27. The molecule has 0 aromatic heterocycles. The molecule has 0 atom stereocenters. The van der Waals surface area contributed by atoms with E-state index < -0.39 is 10.0 Å². The van der Waals surface area contributed by atoms with Gasteiger partial charge in [0.25, 0.3) is 15.9 Å². The normalized spacial score (nSPS) is 11.1. The molecule has 0 saturated carbocycles. The Labute approximate surface area is 165 Å². The Hall–Kier alpha value is -3.12. The predicted octanol–water partition coefficient (Wildman–Crippen LogP) is 3.75. The van der Waals surface area contributed by atoms with Gasteiger partial charge in [-0.05, 0) is 48.9 Å². The summed E-state index contributed by atoms with van der Waals surface area (Å²) in [6.45, 7) is 2.34. The summed E-state index contributed by atoms with van der Waals surface area (Å²) < 4.78 is 26.7. The second-order valence-electron chi connectivity index (χ2n) is 6.50. The molecule has 0 aliphatic rings. The highest BCUT2D eigenvalue weighted by molar-refractivity contribution is 7.92. The van der Waals surface area contributed by atoms with Crippen molar-refractivity contribution in [2.45, 2.75) is 18.4 Å². The van der Waals surface area contributed by atoms with Crippen LogP contribution in [0.25, 0.3) is 0 Å². The molecule has 0 aliphatic heterocycles. The van der Waals surface area contributed by atoms with E-state index in [-0.39, 0.29) is 10.8 Å². The van der Waals surface area contributed by atoms with Gasteiger partial charge in [-0.3, -0.25) is 9.10 Å². The summed E-state index contributed by atoms with van der Waals surface area (Å²) in [6, 6.07) is 22.8. The fourth-order valence-electron chi connectivity index (χ4n) is 2.71. The molecule has 5 nitrogen and oxygen atoms in total. The zero-order chi connectivity index (χ0) is 20.1. The number of anilines is 1. The van der Waals surface area contributed by atoms with E-state index in [4.69, 9.17) is 0 Å². The molecule has 3 aromatic rings. The van der Waals surface area contributed by atoms with Crippen LogP contribution < -0.4 is 9.62 Å². The Morgan fingerprint density at radius 2 is 1.50 bits per heavy atom. The summed E-state index contributed by atoms with van der Waals surface area (Å²) in [5.74, 6) is -0.209. The molecule has 144 valence electrons. The van der Waals surface area contributed by atoms with Gasteiger partial charge in [-0.1, -0.05) is 48.0 Å². The van der Waals surface area contributed by atoms with Crippen molar-refractivity contribution in [3.8, 4) is 0 Å². The lowest BCUT2D eigenvalue weighted by atomic mass is 10.2. The Morgan fingerprint density at radius 1 is 0.893 bits per heavy atom. The highest BCUT2D eigenvalue weighted by Gasteiger charge is 2.21. The number of aryl methyl sites for hydroxylation is 1. The fraction of sp³-hybridized carbons (Fsp3) is 0.136. The largest absolute Gasteiger partial charge is 0.348 e. The molecule has 28 heavy (non-hydrogen) atoms. The van der Waals surface area contributed by atoms with Crippen molar-refractivity contribution in [2.75, 3.05) is 11.4 Å². The van der Waals surface area contributed by atoms with E-state index in [9.17, 15) is 13.2 Å². The summed E-state index contributed by atoms with van der Waals surface area (Å²) in [6.07, 6.45) is 0. The van der Waals surface area contributed by atoms with E-state index >= 15 is 0 Å². The highest BCUT2D eigenvalue weighted by Crippen LogP contribution is 2.22. The van der Waals surface area contributed by atoms with Crippen molar-refractivity contribution in [3.63, 3.8) is 0 Å². The van der Waals surface area contributed by atoms with Crippen LogP contribution in [0.15, 0.2) is 83.8 Å². The zero-order valence-corrected chi connectivity index (χ0v) is 16.6. The number of amides is 1. The summed E-state index contributed by atoms with van der Waals surface area (Å²) in [4.78, 5) is 12.5. The second-order valence-corrected chi connectivity index (χ2v) is 8.47. The van der Waals surface area contributed by atoms with Crippen molar-refractivity contribution in [2.24, 2.45) is 0 Å². The molecule has 0 fully saturated rings. The van der Waals surface area contributed by atoms with Crippen LogP contribution in [0.2, 0.25) is 0 Å². The number of hydrogen-bond acceptors (Lipinski definition) is 3. The first-order chi connectivity index (χ1) is 13.4. The van der Waals surface area contributed by atoms with Gasteiger partial charge in [0.1, 0.15) is 0 Å². The maximum absolute atomic E-state index is 12.8. The number of sulfonamides is 1. The van der Waals surface area contributed by atoms with Crippen LogP contribution in [0.1, 0.15) is 21.5 Å². The van der Waals surface area contributed by atoms with Gasteiger partial charge < -0.3 is 5.32 Å². The third kappa shape index (κ3) is 4.40. The molecule has 0 saturated heterocycles. The molecule has 1 N–H and O–H groups in total. The topological polar surface area (TPSA) is 66.5 Å². The molecule has 0 unspecified atom stereocenters. The Morgan fingerprint density at radius 3 is 2.11 bits per heavy atom. The molecule has 3 rings (SSSR count). The number of hydrogen-bond donors (Lipinski definition) is 1. The molecular weight excluding hydrogens is 372 g/mol. The summed E-state index contributed by atoms with van der Waals surface area (Å²) in [5.41, 5.74) is 2.96. The fourth-order valence-corrected chi connectivity index (χ4v) is 3.91. The average Bonchev–Trinajstić information content (AvgIpc) is 2.72. The number of nitrogens with zero attached hydrogens (tertiary/aromatic N) is 1. The third-order valence-corrected chi connectivity index (χ3v) is 6.27. The van der Waals surface area contributed by atoms with Gasteiger partial charge in [0.05, 0.1) is 10.6 Å². The van der Waals surface area contributed by atoms with Gasteiger partial charge in [-0.25, -0.2) is 8.42 Å². The summed E-state index contributed by atoms with van der Waals surface area (Å²) in [5, 5.41) is 2.85. The summed E-state index contributed by atoms with van der Waals surface area (Å²) >= 11 is 0. The average molecular weight is 394 g/mol. The maximum atomic E-state index is 12.8. The number of benzene rings is 3. The van der Waals surface area contributed by atoms with Crippen molar-refractivity contribution in [1.29, 1.82) is 0 Å². The molecule has 0 bridgehead atoms. The molecule has 0 aliphatic carbocycles. The van der Waals surface area contributed by atoms with Gasteiger partial charge in [-0.15, -0.1) is 0 Å². The second kappa shape index (κ2) is 8.27. The molecule has 0 heterocycles. The minimum absolute atomic E-state index is 0.209. The lowest BCUT2D eigenvalue weighted by molar-refractivity contribution is 0.0951. The highest BCUT2D eigenvalue weighted by atomic mass is 32.2. The first-order valence-corrected chi connectivity index (χ1v) is 10.3. The monoisotopic (exact) mass is 394 g/mol. The smallest absolute Gasteiger partial charge is 0.264 e. The molecule has 0 radical (unpaired) electrons. The van der Waals surface area contributed by atoms with E-state index in [2.05, 4.69) is 5.32 Å². The van der Waals surface area contributed by atoms with Crippen LogP contribution >= 0.6 is 0 Å². The quantitative estimate of drug-likeness (QED) is 0.692. The molecule has 1 amide bonds. The van der Waals surface area contributed by atoms with E-state index in [1.807, 2.05) is 37.3 Å². The SMILES string of the molecule is Cc1ccc(S(=O)(=O)N(C)c2ccc(C(=O)NCc3ccccc3)cc2)cc1. The predicted molar refractivity (Wildman–Crippen MR) is 111 cm³/mol. The molecule has 3 aromatic carbocycles. The van der Waals surface area contributed by atoms with Crippen LogP contribution in [0.3, 0.4) is 0 Å². The number of carbonyl (C=O) groups is 1. The molecule has 6 heteroatoms. The van der Waals surface area contributed by atoms with Crippen molar-refractivity contribution < 1.29 is 13.2 Å². The van der Waals surface area contributed by atoms with Crippen LogP contribution in [0.5, 0.6) is 0 Å². The van der Waals surface area contributed by atoms with Gasteiger partial charge >= 0.3 is 0 Å². The molecular formula is C22H22N2O3S. The number of nitrogens with one attached hydrogen (secondary N) is 1. The lowest BCUT2D eigenvalue weighted by Gasteiger charge is -2.20. The third-order valence-electron chi connectivity index (χ3n) is 4.47. The number of rotatable bonds is 6. The Bertz CT molecular complexity index is 1050. The standard InChI is InChI=1S/C22H22N2O3S/c1-17-8-14-21(15-9-17)28(26,27)24(2)20-12-10-19(11-13-20)22(25)23-16-18-6-4-3-5-7-18/h3-15H,16H2,1-2H3,(H,23,25). The maximum Gasteiger partial charge on any atom is 0.264 e. The summed E-state index contributed by atoms with van der Waals surface area (Å²) in [7, 11) is -2.16. The van der Waals surface area contributed by atoms with Crippen LogP contribution in [-0.2, 0) is 16.6 Å².